The van der Waals surface area contributed by atoms with Crippen LogP contribution in [0, 0.1) is 22.7 Å². The van der Waals surface area contributed by atoms with Crippen molar-refractivity contribution in [2.75, 3.05) is 45.2 Å². The third-order valence-corrected chi connectivity index (χ3v) is 7.03. The number of hydrogen-bond donors (Lipinski definition) is 0. The van der Waals surface area contributed by atoms with Gasteiger partial charge >= 0.3 is 6.18 Å². The van der Waals surface area contributed by atoms with Crippen LogP contribution in [-0.2, 0) is 11.0 Å². The monoisotopic (exact) mass is 486 g/mol. The smallest absolute Gasteiger partial charge is 0.371 e. The molecule has 1 aromatic heterocycles. The highest BCUT2D eigenvalue weighted by Gasteiger charge is 2.53. The number of carbonyl (C=O) groups is 2. The average molecular weight is 486 g/mol. The molecular formula is C24H25F3N6O2. The molecule has 1 spiro atoms. The molecule has 2 fully saturated rings. The van der Waals surface area contributed by atoms with E-state index in [1.54, 1.807) is 25.1 Å². The number of nitrogens with zero attached hydrogens (tertiary/aromatic N) is 6. The van der Waals surface area contributed by atoms with E-state index in [1.807, 2.05) is 4.90 Å². The molecular weight excluding hydrogens is 461 g/mol. The summed E-state index contributed by atoms with van der Waals surface area (Å²) in [5.41, 5.74) is -1.13. The molecule has 8 nitrogen and oxygen atoms in total. The van der Waals surface area contributed by atoms with Crippen LogP contribution >= 0.6 is 0 Å². The van der Waals surface area contributed by atoms with Crippen molar-refractivity contribution in [2.45, 2.75) is 19.0 Å². The van der Waals surface area contributed by atoms with Crippen LogP contribution in [0.2, 0.25) is 0 Å². The second kappa shape index (κ2) is 9.17. The zero-order valence-corrected chi connectivity index (χ0v) is 19.4. The lowest BCUT2D eigenvalue weighted by Crippen LogP contribution is -2.48. The standard InChI is InChI=1S/C24H25F3N6O2/c1-31(2)22(35)20-13-33(21(34)17-11-29-15-30-12-17)14-23(20)5-7-32(8-6-23)18-4-3-16(10-28)19(9-18)24(25,26)27/h3-4,9,11-12,15,20H,5-8,13-14H2,1-2H3. The fourth-order valence-corrected chi connectivity index (χ4v) is 5.15. The van der Waals surface area contributed by atoms with Gasteiger partial charge in [0.15, 0.2) is 0 Å². The summed E-state index contributed by atoms with van der Waals surface area (Å²) in [6, 6.07) is 5.33. The summed E-state index contributed by atoms with van der Waals surface area (Å²) in [5, 5.41) is 9.06. The van der Waals surface area contributed by atoms with E-state index in [2.05, 4.69) is 9.97 Å². The first-order chi connectivity index (χ1) is 16.6. The molecule has 1 aromatic carbocycles. The lowest BCUT2D eigenvalue weighted by atomic mass is 9.70. The molecule has 0 saturated carbocycles. The Labute approximate surface area is 201 Å². The molecule has 1 atom stereocenters. The first-order valence-corrected chi connectivity index (χ1v) is 11.2. The topological polar surface area (TPSA) is 93.4 Å². The second-order valence-electron chi connectivity index (χ2n) is 9.29. The second-order valence-corrected chi connectivity index (χ2v) is 9.29. The number of likely N-dealkylation sites (tertiary alicyclic amines) is 1. The van der Waals surface area contributed by atoms with E-state index in [1.165, 1.54) is 35.8 Å². The summed E-state index contributed by atoms with van der Waals surface area (Å²) >= 11 is 0. The molecule has 2 aliphatic heterocycles. The number of rotatable bonds is 3. The molecule has 2 saturated heterocycles. The molecule has 3 heterocycles. The van der Waals surface area contributed by atoms with Crippen LogP contribution in [0.4, 0.5) is 18.9 Å². The van der Waals surface area contributed by atoms with Crippen molar-refractivity contribution >= 4 is 17.5 Å². The van der Waals surface area contributed by atoms with Crippen LogP contribution < -0.4 is 4.90 Å². The fraction of sp³-hybridized carbons (Fsp3) is 0.458. The summed E-state index contributed by atoms with van der Waals surface area (Å²) in [4.78, 5) is 39.0. The Morgan fingerprint density at radius 3 is 2.40 bits per heavy atom. The summed E-state index contributed by atoms with van der Waals surface area (Å²) in [6.07, 6.45) is 0.656. The quantitative estimate of drug-likeness (QED) is 0.663. The minimum Gasteiger partial charge on any atom is -0.371 e. The average Bonchev–Trinajstić information content (AvgIpc) is 3.21. The van der Waals surface area contributed by atoms with Crippen LogP contribution in [-0.4, -0.2) is 71.9 Å². The van der Waals surface area contributed by atoms with E-state index in [0.29, 0.717) is 43.7 Å². The minimum atomic E-state index is -4.63. The van der Waals surface area contributed by atoms with Crippen molar-refractivity contribution in [3.05, 3.63) is 53.6 Å². The first kappa shape index (κ1) is 24.4. The van der Waals surface area contributed by atoms with Gasteiger partial charge in [-0.2, -0.15) is 18.4 Å². The fourth-order valence-electron chi connectivity index (χ4n) is 5.15. The summed E-state index contributed by atoms with van der Waals surface area (Å²) < 4.78 is 40.3. The van der Waals surface area contributed by atoms with Gasteiger partial charge in [0.25, 0.3) is 5.91 Å². The van der Waals surface area contributed by atoms with Gasteiger partial charge in [-0.05, 0) is 31.0 Å². The van der Waals surface area contributed by atoms with E-state index in [4.69, 9.17) is 5.26 Å². The Bertz CT molecular complexity index is 1150. The van der Waals surface area contributed by atoms with E-state index < -0.39 is 28.6 Å². The maximum Gasteiger partial charge on any atom is 0.417 e. The molecule has 2 aliphatic rings. The van der Waals surface area contributed by atoms with Crippen molar-refractivity contribution < 1.29 is 22.8 Å². The Kier molecular flexibility index (Phi) is 6.40. The van der Waals surface area contributed by atoms with Gasteiger partial charge in [0.2, 0.25) is 5.91 Å². The molecule has 184 valence electrons. The van der Waals surface area contributed by atoms with Gasteiger partial charge in [-0.3, -0.25) is 9.59 Å². The van der Waals surface area contributed by atoms with E-state index >= 15 is 0 Å². The number of amides is 2. The number of benzene rings is 1. The maximum atomic E-state index is 13.4. The highest BCUT2D eigenvalue weighted by atomic mass is 19.4. The largest absolute Gasteiger partial charge is 0.417 e. The number of piperidine rings is 1. The highest BCUT2D eigenvalue weighted by Crippen LogP contribution is 2.46. The van der Waals surface area contributed by atoms with Gasteiger partial charge in [0, 0.05) is 63.8 Å². The Balaban J connectivity index is 1.57. The van der Waals surface area contributed by atoms with Gasteiger partial charge in [-0.25, -0.2) is 9.97 Å². The van der Waals surface area contributed by atoms with Crippen LogP contribution in [0.25, 0.3) is 0 Å². The van der Waals surface area contributed by atoms with Gasteiger partial charge in [-0.15, -0.1) is 0 Å². The zero-order chi connectivity index (χ0) is 25.4. The van der Waals surface area contributed by atoms with E-state index in [-0.39, 0.29) is 18.4 Å². The predicted octanol–water partition coefficient (Wildman–Crippen LogP) is 2.81. The van der Waals surface area contributed by atoms with Gasteiger partial charge in [0.1, 0.15) is 6.33 Å². The van der Waals surface area contributed by atoms with Crippen molar-refractivity contribution in [1.29, 1.82) is 5.26 Å². The van der Waals surface area contributed by atoms with Crippen LogP contribution in [0.3, 0.4) is 0 Å². The molecule has 1 unspecified atom stereocenters. The van der Waals surface area contributed by atoms with Crippen LogP contribution in [0.1, 0.15) is 34.3 Å². The van der Waals surface area contributed by atoms with Gasteiger partial charge in [0.05, 0.1) is 28.7 Å². The summed E-state index contributed by atoms with van der Waals surface area (Å²) in [6.45, 7) is 1.49. The molecule has 2 amide bonds. The normalized spacial score (nSPS) is 19.5. The Morgan fingerprint density at radius 1 is 1.17 bits per heavy atom. The molecule has 11 heteroatoms. The first-order valence-electron chi connectivity index (χ1n) is 11.2. The number of hydrogen-bond acceptors (Lipinski definition) is 6. The molecule has 2 aromatic rings. The molecule has 35 heavy (non-hydrogen) atoms. The van der Waals surface area contributed by atoms with Crippen molar-refractivity contribution in [1.82, 2.24) is 19.8 Å². The van der Waals surface area contributed by atoms with Crippen molar-refractivity contribution in [3.8, 4) is 6.07 Å². The van der Waals surface area contributed by atoms with E-state index in [0.717, 1.165) is 6.07 Å². The van der Waals surface area contributed by atoms with Crippen LogP contribution in [0.5, 0.6) is 0 Å². The van der Waals surface area contributed by atoms with Crippen molar-refractivity contribution in [3.63, 3.8) is 0 Å². The summed E-state index contributed by atoms with van der Waals surface area (Å²) in [5.74, 6) is -0.737. The molecule has 4 rings (SSSR count). The third-order valence-electron chi connectivity index (χ3n) is 7.03. The molecule has 0 aliphatic carbocycles. The Morgan fingerprint density at radius 2 is 1.83 bits per heavy atom. The minimum absolute atomic E-state index is 0.0733. The summed E-state index contributed by atoms with van der Waals surface area (Å²) in [7, 11) is 3.35. The third kappa shape index (κ3) is 4.65. The number of alkyl halides is 3. The number of anilines is 1. The highest BCUT2D eigenvalue weighted by molar-refractivity contribution is 5.94. The van der Waals surface area contributed by atoms with Gasteiger partial charge in [-0.1, -0.05) is 0 Å². The number of carbonyl (C=O) groups excluding carboxylic acids is 2. The lowest BCUT2D eigenvalue weighted by molar-refractivity contribution is -0.138. The SMILES string of the molecule is CN(C)C(=O)C1CN(C(=O)c2cncnc2)CC12CCN(c1ccc(C#N)c(C(F)(F)F)c1)CC2. The van der Waals surface area contributed by atoms with E-state index in [9.17, 15) is 22.8 Å². The number of halogens is 3. The van der Waals surface area contributed by atoms with Crippen LogP contribution in [0.15, 0.2) is 36.9 Å². The lowest BCUT2D eigenvalue weighted by Gasteiger charge is -2.43. The predicted molar refractivity (Wildman–Crippen MR) is 120 cm³/mol. The molecule has 0 bridgehead atoms. The molecule has 0 N–H and O–H groups in total. The molecule has 0 radical (unpaired) electrons. The number of nitriles is 1. The van der Waals surface area contributed by atoms with Crippen molar-refractivity contribution in [2.24, 2.45) is 11.3 Å². The number of aromatic nitrogens is 2. The maximum absolute atomic E-state index is 13.4. The Hall–Kier alpha value is -3.68. The zero-order valence-electron chi connectivity index (χ0n) is 19.4. The van der Waals surface area contributed by atoms with Gasteiger partial charge < -0.3 is 14.7 Å².